The number of aromatic nitrogens is 2. The zero-order valence-corrected chi connectivity index (χ0v) is 13.6. The van der Waals surface area contributed by atoms with Crippen molar-refractivity contribution in [3.05, 3.63) is 57.6 Å². The maximum absolute atomic E-state index is 12.9. The third-order valence-electron chi connectivity index (χ3n) is 3.78. The Bertz CT molecular complexity index is 992. The lowest BCUT2D eigenvalue weighted by Gasteiger charge is -2.02. The molecule has 4 rings (SSSR count). The molecule has 0 saturated heterocycles. The molecule has 3 nitrogen and oxygen atoms in total. The van der Waals surface area contributed by atoms with E-state index in [-0.39, 0.29) is 5.78 Å². The van der Waals surface area contributed by atoms with Gasteiger partial charge in [-0.1, -0.05) is 15.9 Å². The summed E-state index contributed by atoms with van der Waals surface area (Å²) >= 11 is 5.12. The van der Waals surface area contributed by atoms with Crippen molar-refractivity contribution in [1.82, 2.24) is 9.55 Å². The highest BCUT2D eigenvalue weighted by Gasteiger charge is 2.19. The fourth-order valence-electron chi connectivity index (χ4n) is 2.69. The number of aromatic amines is 1. The van der Waals surface area contributed by atoms with Crippen LogP contribution in [0.3, 0.4) is 0 Å². The van der Waals surface area contributed by atoms with Crippen LogP contribution in [-0.4, -0.2) is 15.3 Å². The third-order valence-corrected chi connectivity index (χ3v) is 5.13. The first-order valence-electron chi connectivity index (χ1n) is 6.49. The minimum atomic E-state index is 0.0465. The summed E-state index contributed by atoms with van der Waals surface area (Å²) in [4.78, 5) is 16.0. The third kappa shape index (κ3) is 1.88. The molecule has 104 valence electrons. The van der Waals surface area contributed by atoms with Crippen LogP contribution in [0.5, 0.6) is 0 Å². The molecular formula is C16H11BrN2OS. The van der Waals surface area contributed by atoms with Gasteiger partial charge in [-0.05, 0) is 35.7 Å². The number of aryl methyl sites for hydroxylation is 1. The van der Waals surface area contributed by atoms with Crippen LogP contribution < -0.4 is 0 Å². The Balaban J connectivity index is 1.91. The topological polar surface area (TPSA) is 37.8 Å². The number of fused-ring (bicyclic) bond motifs is 2. The van der Waals surface area contributed by atoms with Gasteiger partial charge >= 0.3 is 0 Å². The summed E-state index contributed by atoms with van der Waals surface area (Å²) in [6, 6.07) is 9.93. The molecule has 0 aliphatic rings. The summed E-state index contributed by atoms with van der Waals surface area (Å²) in [6.07, 6.45) is 1.79. The summed E-state index contributed by atoms with van der Waals surface area (Å²) < 4.78 is 4.07. The van der Waals surface area contributed by atoms with Gasteiger partial charge in [-0.2, -0.15) is 0 Å². The van der Waals surface area contributed by atoms with E-state index in [0.717, 1.165) is 31.3 Å². The Morgan fingerprint density at radius 1 is 1.29 bits per heavy atom. The second kappa shape index (κ2) is 4.58. The predicted octanol–water partition coefficient (Wildman–Crippen LogP) is 4.71. The first-order chi connectivity index (χ1) is 10.1. The largest absolute Gasteiger partial charge is 0.360 e. The molecule has 0 unspecified atom stereocenters. The molecule has 0 bridgehead atoms. The van der Waals surface area contributed by atoms with E-state index in [1.165, 1.54) is 0 Å². The van der Waals surface area contributed by atoms with E-state index < -0.39 is 0 Å². The molecule has 0 amide bonds. The zero-order valence-electron chi connectivity index (χ0n) is 11.2. The Kier molecular flexibility index (Phi) is 2.80. The van der Waals surface area contributed by atoms with Gasteiger partial charge in [0, 0.05) is 34.2 Å². The summed E-state index contributed by atoms with van der Waals surface area (Å²) in [7, 11) is 1.94. The van der Waals surface area contributed by atoms with Crippen LogP contribution in [0.1, 0.15) is 16.1 Å². The number of H-pyrrole nitrogens is 1. The molecule has 1 N–H and O–H groups in total. The van der Waals surface area contributed by atoms with Crippen LogP contribution in [0.4, 0.5) is 0 Å². The molecule has 0 radical (unpaired) electrons. The number of nitrogens with zero attached hydrogens (tertiary/aromatic N) is 1. The van der Waals surface area contributed by atoms with E-state index in [0.29, 0.717) is 5.56 Å². The van der Waals surface area contributed by atoms with Gasteiger partial charge in [0.05, 0.1) is 15.9 Å². The second-order valence-corrected chi connectivity index (χ2v) is 6.84. The normalized spacial score (nSPS) is 11.5. The highest BCUT2D eigenvalue weighted by Crippen LogP contribution is 2.28. The summed E-state index contributed by atoms with van der Waals surface area (Å²) in [6.45, 7) is 0. The van der Waals surface area contributed by atoms with Crippen molar-refractivity contribution < 1.29 is 4.79 Å². The van der Waals surface area contributed by atoms with Crippen molar-refractivity contribution in [1.29, 1.82) is 0 Å². The molecule has 3 heterocycles. The van der Waals surface area contributed by atoms with Crippen molar-refractivity contribution in [3.63, 3.8) is 0 Å². The fraction of sp³-hybridized carbons (Fsp3) is 0.0625. The quantitative estimate of drug-likeness (QED) is 0.517. The SMILES string of the molecule is Cn1c(C(=O)c2c[nH]c3ccc(Br)cc23)cc2sccc21. The van der Waals surface area contributed by atoms with Crippen molar-refractivity contribution >= 4 is 54.2 Å². The number of carbonyl (C=O) groups excluding carboxylic acids is 1. The van der Waals surface area contributed by atoms with E-state index in [2.05, 4.69) is 20.9 Å². The molecule has 5 heteroatoms. The Morgan fingerprint density at radius 2 is 2.14 bits per heavy atom. The minimum absolute atomic E-state index is 0.0465. The summed E-state index contributed by atoms with van der Waals surface area (Å²) in [5, 5.41) is 2.99. The lowest BCUT2D eigenvalue weighted by molar-refractivity contribution is 0.103. The molecule has 0 aliphatic heterocycles. The maximum atomic E-state index is 12.9. The van der Waals surface area contributed by atoms with E-state index in [1.807, 2.05) is 47.3 Å². The molecular weight excluding hydrogens is 348 g/mol. The van der Waals surface area contributed by atoms with Gasteiger partial charge in [0.25, 0.3) is 0 Å². The summed E-state index contributed by atoms with van der Waals surface area (Å²) in [5.74, 6) is 0.0465. The Hall–Kier alpha value is -1.85. The number of thiophene rings is 1. The molecule has 0 spiro atoms. The van der Waals surface area contributed by atoms with Crippen LogP contribution in [-0.2, 0) is 7.05 Å². The summed E-state index contributed by atoms with van der Waals surface area (Å²) in [5.41, 5.74) is 3.50. The number of hydrogen-bond donors (Lipinski definition) is 1. The molecule has 0 aliphatic carbocycles. The highest BCUT2D eigenvalue weighted by atomic mass is 79.9. The minimum Gasteiger partial charge on any atom is -0.360 e. The Morgan fingerprint density at radius 3 is 2.95 bits per heavy atom. The number of nitrogens with one attached hydrogen (secondary N) is 1. The molecule has 21 heavy (non-hydrogen) atoms. The highest BCUT2D eigenvalue weighted by molar-refractivity contribution is 9.10. The van der Waals surface area contributed by atoms with Crippen LogP contribution in [0.25, 0.3) is 21.1 Å². The van der Waals surface area contributed by atoms with E-state index in [4.69, 9.17) is 0 Å². The van der Waals surface area contributed by atoms with Crippen LogP contribution in [0, 0.1) is 0 Å². The lowest BCUT2D eigenvalue weighted by Crippen LogP contribution is -2.06. The predicted molar refractivity (Wildman–Crippen MR) is 90.2 cm³/mol. The number of hydrogen-bond acceptors (Lipinski definition) is 2. The molecule has 3 aromatic heterocycles. The number of rotatable bonds is 2. The number of ketones is 1. The molecule has 0 fully saturated rings. The van der Waals surface area contributed by atoms with Crippen molar-refractivity contribution in [3.8, 4) is 0 Å². The van der Waals surface area contributed by atoms with Gasteiger partial charge < -0.3 is 9.55 Å². The van der Waals surface area contributed by atoms with Crippen LogP contribution in [0.2, 0.25) is 0 Å². The van der Waals surface area contributed by atoms with Gasteiger partial charge in [0.2, 0.25) is 5.78 Å². The second-order valence-electron chi connectivity index (χ2n) is 4.98. The first-order valence-corrected chi connectivity index (χ1v) is 8.16. The number of halogens is 1. The van der Waals surface area contributed by atoms with Crippen LogP contribution in [0.15, 0.2) is 46.4 Å². The number of benzene rings is 1. The van der Waals surface area contributed by atoms with Gasteiger partial charge in [0.1, 0.15) is 0 Å². The van der Waals surface area contributed by atoms with Gasteiger partial charge in [0.15, 0.2) is 0 Å². The van der Waals surface area contributed by atoms with E-state index in [9.17, 15) is 4.79 Å². The fourth-order valence-corrected chi connectivity index (χ4v) is 3.90. The van der Waals surface area contributed by atoms with E-state index >= 15 is 0 Å². The molecule has 0 atom stereocenters. The van der Waals surface area contributed by atoms with Crippen molar-refractivity contribution in [2.24, 2.45) is 7.05 Å². The average Bonchev–Trinajstić information content (AvgIpc) is 3.14. The van der Waals surface area contributed by atoms with Gasteiger partial charge in [-0.15, -0.1) is 11.3 Å². The van der Waals surface area contributed by atoms with E-state index in [1.54, 1.807) is 17.5 Å². The lowest BCUT2D eigenvalue weighted by atomic mass is 10.1. The number of carbonyl (C=O) groups is 1. The molecule has 4 aromatic rings. The Labute approximate surface area is 133 Å². The standard InChI is InChI=1S/C16H11BrN2OS/c1-19-13-4-5-21-15(13)7-14(19)16(20)11-8-18-12-3-2-9(17)6-10(11)12/h2-8,18H,1H3. The smallest absolute Gasteiger partial charge is 0.211 e. The van der Waals surface area contributed by atoms with Crippen molar-refractivity contribution in [2.45, 2.75) is 0 Å². The average molecular weight is 359 g/mol. The van der Waals surface area contributed by atoms with Gasteiger partial charge in [-0.25, -0.2) is 0 Å². The first kappa shape index (κ1) is 12.9. The maximum Gasteiger partial charge on any atom is 0.211 e. The van der Waals surface area contributed by atoms with Crippen molar-refractivity contribution in [2.75, 3.05) is 0 Å². The van der Waals surface area contributed by atoms with Gasteiger partial charge in [-0.3, -0.25) is 4.79 Å². The van der Waals surface area contributed by atoms with Crippen LogP contribution >= 0.6 is 27.3 Å². The zero-order chi connectivity index (χ0) is 14.6. The molecule has 1 aromatic carbocycles. The molecule has 0 saturated carbocycles. The monoisotopic (exact) mass is 358 g/mol.